The number of nitrogens with one attached hydrogen (secondary N) is 2. The number of piperidine rings is 1. The molecule has 1 aliphatic rings. The van der Waals surface area contributed by atoms with E-state index in [1.807, 2.05) is 32.9 Å². The molecule has 1 fully saturated rings. The van der Waals surface area contributed by atoms with E-state index in [4.69, 9.17) is 16.3 Å². The molecule has 2 aromatic rings. The molecule has 0 saturated carbocycles. The van der Waals surface area contributed by atoms with Crippen molar-refractivity contribution in [1.82, 2.24) is 15.2 Å². The van der Waals surface area contributed by atoms with Crippen LogP contribution in [0.2, 0.25) is 5.02 Å². The van der Waals surface area contributed by atoms with Crippen molar-refractivity contribution >= 4 is 28.6 Å². The summed E-state index contributed by atoms with van der Waals surface area (Å²) in [5.74, 6) is 0.813. The average molecular weight is 406 g/mol. The van der Waals surface area contributed by atoms with E-state index < -0.39 is 11.7 Å². The number of rotatable bonds is 4. The van der Waals surface area contributed by atoms with E-state index in [9.17, 15) is 4.79 Å². The summed E-state index contributed by atoms with van der Waals surface area (Å²) in [6, 6.07) is 6.76. The molecule has 0 aliphatic carbocycles. The van der Waals surface area contributed by atoms with Crippen LogP contribution in [0, 0.1) is 5.92 Å². The third-order valence-electron chi connectivity index (χ3n) is 5.31. The Balaban J connectivity index is 1.68. The van der Waals surface area contributed by atoms with Crippen LogP contribution in [-0.2, 0) is 17.8 Å². The van der Waals surface area contributed by atoms with E-state index >= 15 is 0 Å². The zero-order valence-corrected chi connectivity index (χ0v) is 18.3. The fourth-order valence-corrected chi connectivity index (χ4v) is 4.11. The van der Waals surface area contributed by atoms with Gasteiger partial charge >= 0.3 is 6.09 Å². The summed E-state index contributed by atoms with van der Waals surface area (Å²) in [6.45, 7) is 12.6. The summed E-state index contributed by atoms with van der Waals surface area (Å²) in [6.07, 6.45) is 2.08. The summed E-state index contributed by atoms with van der Waals surface area (Å²) in [5, 5.41) is 4.52. The average Bonchev–Trinajstić information content (AvgIpc) is 2.95. The van der Waals surface area contributed by atoms with Crippen molar-refractivity contribution in [2.24, 2.45) is 5.92 Å². The number of likely N-dealkylation sites (tertiary alicyclic amines) is 1. The van der Waals surface area contributed by atoms with Gasteiger partial charge in [0, 0.05) is 40.8 Å². The number of alkyl carbamates (subject to hydrolysis) is 1. The van der Waals surface area contributed by atoms with Gasteiger partial charge < -0.3 is 15.0 Å². The molecule has 2 heterocycles. The number of carbonyl (C=O) groups is 1. The molecule has 154 valence electrons. The predicted molar refractivity (Wildman–Crippen MR) is 115 cm³/mol. The minimum atomic E-state index is -0.518. The second-order valence-electron chi connectivity index (χ2n) is 9.13. The van der Waals surface area contributed by atoms with Crippen molar-refractivity contribution in [1.29, 1.82) is 0 Å². The van der Waals surface area contributed by atoms with Gasteiger partial charge in [-0.25, -0.2) is 4.79 Å². The molecule has 1 amide bonds. The first kappa shape index (κ1) is 21.0. The van der Waals surface area contributed by atoms with Crippen LogP contribution >= 0.6 is 11.6 Å². The summed E-state index contributed by atoms with van der Waals surface area (Å²) >= 11 is 6.44. The maximum absolute atomic E-state index is 11.9. The van der Waals surface area contributed by atoms with E-state index in [2.05, 4.69) is 35.1 Å². The minimum Gasteiger partial charge on any atom is -0.444 e. The summed E-state index contributed by atoms with van der Waals surface area (Å²) < 4.78 is 5.29. The Labute approximate surface area is 172 Å². The van der Waals surface area contributed by atoms with Gasteiger partial charge in [0.15, 0.2) is 0 Å². The molecule has 0 spiro atoms. The Morgan fingerprint density at radius 2 is 2.07 bits per heavy atom. The van der Waals surface area contributed by atoms with Gasteiger partial charge in [-0.05, 0) is 76.8 Å². The van der Waals surface area contributed by atoms with Gasteiger partial charge in [0.05, 0.1) is 0 Å². The summed E-state index contributed by atoms with van der Waals surface area (Å²) in [5.41, 5.74) is 2.59. The van der Waals surface area contributed by atoms with Crippen LogP contribution in [0.3, 0.4) is 0 Å². The number of amides is 1. The van der Waals surface area contributed by atoms with E-state index in [1.54, 1.807) is 0 Å². The maximum atomic E-state index is 11.9. The predicted octanol–water partition coefficient (Wildman–Crippen LogP) is 5.47. The van der Waals surface area contributed by atoms with Crippen molar-refractivity contribution < 1.29 is 9.53 Å². The van der Waals surface area contributed by atoms with Crippen molar-refractivity contribution in [3.63, 3.8) is 0 Å². The Bertz CT molecular complexity index is 840. The second-order valence-corrected chi connectivity index (χ2v) is 9.54. The lowest BCUT2D eigenvalue weighted by Crippen LogP contribution is -2.39. The van der Waals surface area contributed by atoms with Crippen LogP contribution in [0.4, 0.5) is 4.79 Å². The Morgan fingerprint density at radius 1 is 1.32 bits per heavy atom. The number of halogens is 1. The molecule has 3 rings (SSSR count). The third kappa shape index (κ3) is 5.42. The lowest BCUT2D eigenvalue weighted by molar-refractivity contribution is 0.0523. The van der Waals surface area contributed by atoms with Crippen LogP contribution < -0.4 is 5.32 Å². The highest BCUT2D eigenvalue weighted by molar-refractivity contribution is 6.32. The molecule has 0 bridgehead atoms. The van der Waals surface area contributed by atoms with E-state index in [0.717, 1.165) is 35.5 Å². The highest BCUT2D eigenvalue weighted by Gasteiger charge is 2.23. The van der Waals surface area contributed by atoms with E-state index in [1.165, 1.54) is 18.5 Å². The number of aromatic nitrogens is 1. The molecular weight excluding hydrogens is 374 g/mol. The molecule has 2 N–H and O–H groups in total. The number of benzene rings is 1. The zero-order valence-electron chi connectivity index (χ0n) is 17.6. The fraction of sp³-hybridized carbons (Fsp3) is 0.591. The number of carbonyl (C=O) groups excluding carboxylic acids is 1. The molecular formula is C22H32ClN3O2. The van der Waals surface area contributed by atoms with Crippen LogP contribution in [0.15, 0.2) is 18.2 Å². The molecule has 1 aliphatic heterocycles. The van der Waals surface area contributed by atoms with Crippen LogP contribution in [-0.4, -0.2) is 34.2 Å². The first-order valence-corrected chi connectivity index (χ1v) is 10.5. The summed E-state index contributed by atoms with van der Waals surface area (Å²) in [7, 11) is 0. The number of ether oxygens (including phenoxy) is 1. The number of hydrogen-bond acceptors (Lipinski definition) is 3. The van der Waals surface area contributed by atoms with Crippen molar-refractivity contribution in [2.45, 2.75) is 72.2 Å². The highest BCUT2D eigenvalue weighted by atomic mass is 35.5. The Hall–Kier alpha value is -1.72. The molecule has 1 saturated heterocycles. The van der Waals surface area contributed by atoms with Gasteiger partial charge in [0.1, 0.15) is 5.60 Å². The van der Waals surface area contributed by atoms with Gasteiger partial charge in [0.25, 0.3) is 0 Å². The van der Waals surface area contributed by atoms with Gasteiger partial charge in [-0.3, -0.25) is 4.90 Å². The van der Waals surface area contributed by atoms with Crippen LogP contribution in [0.25, 0.3) is 10.9 Å². The largest absolute Gasteiger partial charge is 0.444 e. The minimum absolute atomic E-state index is 0.332. The quantitative estimate of drug-likeness (QED) is 0.709. The normalized spacial score (nSPS) is 21.1. The Morgan fingerprint density at radius 3 is 2.75 bits per heavy atom. The topological polar surface area (TPSA) is 57.4 Å². The van der Waals surface area contributed by atoms with Crippen molar-refractivity contribution in [3.05, 3.63) is 34.5 Å². The molecule has 28 heavy (non-hydrogen) atoms. The lowest BCUT2D eigenvalue weighted by atomic mass is 9.93. The van der Waals surface area contributed by atoms with Crippen molar-refractivity contribution in [3.8, 4) is 0 Å². The molecule has 6 heteroatoms. The maximum Gasteiger partial charge on any atom is 0.407 e. The lowest BCUT2D eigenvalue weighted by Gasteiger charge is -2.36. The molecule has 1 aromatic carbocycles. The van der Waals surface area contributed by atoms with Crippen LogP contribution in [0.1, 0.15) is 58.7 Å². The first-order valence-electron chi connectivity index (χ1n) is 10.1. The van der Waals surface area contributed by atoms with Gasteiger partial charge in [-0.15, -0.1) is 0 Å². The number of nitrogens with zero attached hydrogens (tertiary/aromatic N) is 1. The number of H-pyrrole nitrogens is 1. The third-order valence-corrected chi connectivity index (χ3v) is 5.67. The Kier molecular flexibility index (Phi) is 6.25. The fourth-order valence-electron chi connectivity index (χ4n) is 3.87. The molecule has 5 nitrogen and oxygen atoms in total. The van der Waals surface area contributed by atoms with Crippen molar-refractivity contribution in [2.75, 3.05) is 6.54 Å². The molecule has 0 radical (unpaired) electrons. The zero-order chi connectivity index (χ0) is 20.5. The second kappa shape index (κ2) is 8.34. The smallest absolute Gasteiger partial charge is 0.407 e. The number of hydrogen-bond donors (Lipinski definition) is 2. The molecule has 1 aromatic heterocycles. The van der Waals surface area contributed by atoms with Gasteiger partial charge in [-0.1, -0.05) is 18.5 Å². The van der Waals surface area contributed by atoms with Gasteiger partial charge in [0.2, 0.25) is 0 Å². The molecule has 2 atom stereocenters. The molecule has 0 unspecified atom stereocenters. The number of fused-ring (bicyclic) bond motifs is 1. The SMILES string of the molecule is C[C@H]1CCN(Cc2cc3cc(Cl)c(CNC(=O)OC(C)(C)C)cc3[nH]2)[C@@H](C)C1. The monoisotopic (exact) mass is 405 g/mol. The van der Waals surface area contributed by atoms with Gasteiger partial charge in [-0.2, -0.15) is 0 Å². The van der Waals surface area contributed by atoms with E-state index in [-0.39, 0.29) is 0 Å². The first-order chi connectivity index (χ1) is 13.1. The van der Waals surface area contributed by atoms with Crippen LogP contribution in [0.5, 0.6) is 0 Å². The standard InChI is InChI=1S/C22H32ClN3O2/c1-14-6-7-26(15(2)8-14)13-18-9-16-10-19(23)17(11-20(16)25-18)12-24-21(27)28-22(3,4)5/h9-11,14-15,25H,6-8,12-13H2,1-5H3,(H,24,27)/t14-,15-/m0/s1. The highest BCUT2D eigenvalue weighted by Crippen LogP contribution is 2.27. The summed E-state index contributed by atoms with van der Waals surface area (Å²) in [4.78, 5) is 18.0. The van der Waals surface area contributed by atoms with E-state index in [0.29, 0.717) is 17.6 Å². The number of aromatic amines is 1.